The molecule has 5 N–H and O–H groups in total. The molecule has 3 atom stereocenters. The van der Waals surface area contributed by atoms with Crippen molar-refractivity contribution in [3.05, 3.63) is 11.7 Å². The zero-order valence-electron chi connectivity index (χ0n) is 6.08. The Kier molecular flexibility index (Phi) is 2.41. The highest BCUT2D eigenvalue weighted by Crippen LogP contribution is 2.20. The van der Waals surface area contributed by atoms with Crippen molar-refractivity contribution in [3.63, 3.8) is 0 Å². The predicted molar refractivity (Wildman–Crippen MR) is 36.3 cm³/mol. The SMILES string of the molecule is OC[C@@H]1OC(O)=C(O)[C@@H](O)[C@@H]1O. The molecule has 0 bridgehead atoms. The summed E-state index contributed by atoms with van der Waals surface area (Å²) in [6.07, 6.45) is -4.17. The molecular formula is C6H10O6. The molecule has 0 spiro atoms. The van der Waals surface area contributed by atoms with Crippen molar-refractivity contribution < 1.29 is 30.3 Å². The monoisotopic (exact) mass is 178 g/mol. The van der Waals surface area contributed by atoms with Crippen molar-refractivity contribution in [2.24, 2.45) is 0 Å². The van der Waals surface area contributed by atoms with Crippen LogP contribution in [0.4, 0.5) is 0 Å². The van der Waals surface area contributed by atoms with Gasteiger partial charge in [-0.2, -0.15) is 0 Å². The molecule has 0 aromatic heterocycles. The minimum absolute atomic E-state index is 0.560. The zero-order chi connectivity index (χ0) is 9.30. The first-order valence-corrected chi connectivity index (χ1v) is 3.33. The van der Waals surface area contributed by atoms with Gasteiger partial charge in [0.05, 0.1) is 6.61 Å². The largest absolute Gasteiger partial charge is 0.504 e. The van der Waals surface area contributed by atoms with Crippen LogP contribution < -0.4 is 0 Å². The van der Waals surface area contributed by atoms with E-state index in [1.807, 2.05) is 0 Å². The number of hydrogen-bond acceptors (Lipinski definition) is 6. The van der Waals surface area contributed by atoms with E-state index in [2.05, 4.69) is 4.74 Å². The Bertz CT molecular complexity index is 200. The second kappa shape index (κ2) is 3.18. The highest BCUT2D eigenvalue weighted by molar-refractivity contribution is 5.07. The average Bonchev–Trinajstić information content (AvgIpc) is 2.08. The summed E-state index contributed by atoms with van der Waals surface area (Å²) in [5.74, 6) is -1.70. The summed E-state index contributed by atoms with van der Waals surface area (Å²) in [5.41, 5.74) is 0. The van der Waals surface area contributed by atoms with Gasteiger partial charge in [0, 0.05) is 0 Å². The smallest absolute Gasteiger partial charge is 0.319 e. The molecule has 0 saturated carbocycles. The third-order valence-electron chi connectivity index (χ3n) is 1.65. The van der Waals surface area contributed by atoms with Gasteiger partial charge in [-0.15, -0.1) is 0 Å². The van der Waals surface area contributed by atoms with Crippen LogP contribution in [0.25, 0.3) is 0 Å². The number of aliphatic hydroxyl groups is 5. The molecular weight excluding hydrogens is 168 g/mol. The number of hydrogen-bond donors (Lipinski definition) is 5. The lowest BCUT2D eigenvalue weighted by atomic mass is 10.1. The fourth-order valence-corrected chi connectivity index (χ4v) is 0.910. The van der Waals surface area contributed by atoms with Gasteiger partial charge in [-0.1, -0.05) is 0 Å². The van der Waals surface area contributed by atoms with Gasteiger partial charge in [-0.3, -0.25) is 0 Å². The van der Waals surface area contributed by atoms with E-state index in [1.165, 1.54) is 0 Å². The fraction of sp³-hybridized carbons (Fsp3) is 0.667. The van der Waals surface area contributed by atoms with Crippen LogP contribution in [-0.4, -0.2) is 50.5 Å². The van der Waals surface area contributed by atoms with Gasteiger partial charge >= 0.3 is 5.95 Å². The molecule has 1 aliphatic heterocycles. The Morgan fingerprint density at radius 3 is 2.33 bits per heavy atom. The lowest BCUT2D eigenvalue weighted by molar-refractivity contribution is -0.137. The van der Waals surface area contributed by atoms with Gasteiger partial charge in [-0.25, -0.2) is 0 Å². The quantitative estimate of drug-likeness (QED) is 0.330. The van der Waals surface area contributed by atoms with Crippen LogP contribution in [0.15, 0.2) is 11.7 Å². The molecule has 0 aromatic rings. The van der Waals surface area contributed by atoms with E-state index < -0.39 is 36.6 Å². The Morgan fingerprint density at radius 1 is 1.25 bits per heavy atom. The zero-order valence-corrected chi connectivity index (χ0v) is 6.08. The van der Waals surface area contributed by atoms with Crippen molar-refractivity contribution in [1.29, 1.82) is 0 Å². The molecule has 0 aliphatic carbocycles. The van der Waals surface area contributed by atoms with Gasteiger partial charge in [0.2, 0.25) is 5.76 Å². The highest BCUT2D eigenvalue weighted by atomic mass is 16.6. The second-order valence-corrected chi connectivity index (χ2v) is 2.46. The lowest BCUT2D eigenvalue weighted by Crippen LogP contribution is -2.46. The summed E-state index contributed by atoms with van der Waals surface area (Å²) in [6, 6.07) is 0. The van der Waals surface area contributed by atoms with Crippen LogP contribution in [0.1, 0.15) is 0 Å². The fourth-order valence-electron chi connectivity index (χ4n) is 0.910. The van der Waals surface area contributed by atoms with Crippen molar-refractivity contribution in [1.82, 2.24) is 0 Å². The van der Waals surface area contributed by atoms with Gasteiger partial charge in [0.1, 0.15) is 12.2 Å². The summed E-state index contributed by atoms with van der Waals surface area (Å²) in [5, 5.41) is 44.3. The van der Waals surface area contributed by atoms with E-state index in [1.54, 1.807) is 0 Å². The van der Waals surface area contributed by atoms with Crippen molar-refractivity contribution >= 4 is 0 Å². The topological polar surface area (TPSA) is 110 Å². The Hall–Kier alpha value is -0.980. The van der Waals surface area contributed by atoms with E-state index in [9.17, 15) is 0 Å². The molecule has 70 valence electrons. The highest BCUT2D eigenvalue weighted by Gasteiger charge is 2.37. The molecule has 0 amide bonds. The molecule has 1 heterocycles. The summed E-state index contributed by atoms with van der Waals surface area (Å²) >= 11 is 0. The maximum absolute atomic E-state index is 9.09. The summed E-state index contributed by atoms with van der Waals surface area (Å²) in [7, 11) is 0. The molecule has 0 unspecified atom stereocenters. The van der Waals surface area contributed by atoms with E-state index in [-0.39, 0.29) is 0 Å². The maximum atomic E-state index is 9.09. The van der Waals surface area contributed by atoms with Crippen LogP contribution >= 0.6 is 0 Å². The van der Waals surface area contributed by atoms with Crippen molar-refractivity contribution in [3.8, 4) is 0 Å². The van der Waals surface area contributed by atoms with Crippen LogP contribution in [0.3, 0.4) is 0 Å². The first kappa shape index (κ1) is 9.11. The molecule has 1 aliphatic rings. The molecule has 1 rings (SSSR count). The van der Waals surface area contributed by atoms with Gasteiger partial charge < -0.3 is 30.3 Å². The maximum Gasteiger partial charge on any atom is 0.319 e. The molecule has 0 aromatic carbocycles. The van der Waals surface area contributed by atoms with Crippen LogP contribution in [0.5, 0.6) is 0 Å². The number of ether oxygens (including phenoxy) is 1. The van der Waals surface area contributed by atoms with Crippen LogP contribution in [0.2, 0.25) is 0 Å². The molecule has 6 heteroatoms. The summed E-state index contributed by atoms with van der Waals surface area (Å²) in [4.78, 5) is 0. The molecule has 0 saturated heterocycles. The van der Waals surface area contributed by atoms with Gasteiger partial charge in [0.15, 0.2) is 6.10 Å². The Labute approximate surface area is 68.0 Å². The first-order chi connectivity index (χ1) is 5.57. The van der Waals surface area contributed by atoms with E-state index in [0.717, 1.165) is 0 Å². The lowest BCUT2D eigenvalue weighted by Gasteiger charge is -2.29. The second-order valence-electron chi connectivity index (χ2n) is 2.46. The minimum atomic E-state index is -1.61. The first-order valence-electron chi connectivity index (χ1n) is 3.33. The molecule has 0 fully saturated rings. The third-order valence-corrected chi connectivity index (χ3v) is 1.65. The molecule has 6 nitrogen and oxygen atoms in total. The Balaban J connectivity index is 2.83. The average molecular weight is 178 g/mol. The minimum Gasteiger partial charge on any atom is -0.504 e. The molecule has 0 radical (unpaired) electrons. The van der Waals surface area contributed by atoms with Crippen molar-refractivity contribution in [2.45, 2.75) is 18.3 Å². The van der Waals surface area contributed by atoms with Crippen molar-refractivity contribution in [2.75, 3.05) is 6.61 Å². The normalized spacial score (nSPS) is 36.4. The number of rotatable bonds is 1. The van der Waals surface area contributed by atoms with Gasteiger partial charge in [-0.05, 0) is 0 Å². The van der Waals surface area contributed by atoms with Crippen LogP contribution in [0, 0.1) is 0 Å². The summed E-state index contributed by atoms with van der Waals surface area (Å²) in [6.45, 7) is -0.560. The van der Waals surface area contributed by atoms with E-state index in [0.29, 0.717) is 0 Å². The van der Waals surface area contributed by atoms with Crippen LogP contribution in [-0.2, 0) is 4.74 Å². The van der Waals surface area contributed by atoms with E-state index >= 15 is 0 Å². The number of aliphatic hydroxyl groups excluding tert-OH is 5. The van der Waals surface area contributed by atoms with Gasteiger partial charge in [0.25, 0.3) is 0 Å². The van der Waals surface area contributed by atoms with E-state index in [4.69, 9.17) is 25.5 Å². The summed E-state index contributed by atoms with van der Waals surface area (Å²) < 4.78 is 4.46. The standard InChI is InChI=1S/C6H10O6/c7-1-2-3(8)4(9)5(10)6(11)12-2/h2-4,7-11H,1H2/t2-,3+,4-/m0/s1. The third kappa shape index (κ3) is 1.31. The predicted octanol–water partition coefficient (Wildman–Crippen LogP) is -1.62. The Morgan fingerprint density at radius 2 is 1.83 bits per heavy atom. The molecule has 12 heavy (non-hydrogen) atoms.